The number of hydrogen-bond donors (Lipinski definition) is 0. The number of benzene rings is 2. The van der Waals surface area contributed by atoms with Crippen molar-refractivity contribution in [3.8, 4) is 11.5 Å². The highest BCUT2D eigenvalue weighted by Gasteiger charge is 2.15. The Bertz CT molecular complexity index is 691. The molecule has 116 valence electrons. The SMILES string of the molecule is CCOc1cc(C(=O)Cl)cc(Br)c1OCc1cccc(F)c1. The Kier molecular flexibility index (Phi) is 5.80. The lowest BCUT2D eigenvalue weighted by molar-refractivity contribution is 0.108. The molecule has 0 aliphatic rings. The van der Waals surface area contributed by atoms with Crippen molar-refractivity contribution in [2.45, 2.75) is 13.5 Å². The number of carbonyl (C=O) groups is 1. The van der Waals surface area contributed by atoms with Crippen LogP contribution in [0.2, 0.25) is 0 Å². The molecule has 0 bridgehead atoms. The van der Waals surface area contributed by atoms with Crippen molar-refractivity contribution in [1.82, 2.24) is 0 Å². The van der Waals surface area contributed by atoms with Crippen molar-refractivity contribution < 1.29 is 18.7 Å². The number of rotatable bonds is 6. The van der Waals surface area contributed by atoms with Crippen LogP contribution in [-0.4, -0.2) is 11.8 Å². The molecule has 0 unspecified atom stereocenters. The third-order valence-corrected chi connectivity index (χ3v) is 3.62. The summed E-state index contributed by atoms with van der Waals surface area (Å²) in [5.74, 6) is 0.512. The van der Waals surface area contributed by atoms with Crippen LogP contribution < -0.4 is 9.47 Å². The summed E-state index contributed by atoms with van der Waals surface area (Å²) in [4.78, 5) is 11.3. The Labute approximate surface area is 141 Å². The van der Waals surface area contributed by atoms with E-state index in [4.69, 9.17) is 21.1 Å². The van der Waals surface area contributed by atoms with Gasteiger partial charge in [-0.1, -0.05) is 12.1 Å². The van der Waals surface area contributed by atoms with Gasteiger partial charge in [0.15, 0.2) is 11.5 Å². The molecular formula is C16H13BrClFO3. The molecular weight excluding hydrogens is 375 g/mol. The molecule has 2 aromatic rings. The van der Waals surface area contributed by atoms with Crippen molar-refractivity contribution >= 4 is 32.8 Å². The van der Waals surface area contributed by atoms with Crippen LogP contribution in [0.3, 0.4) is 0 Å². The summed E-state index contributed by atoms with van der Waals surface area (Å²) in [6.07, 6.45) is 0. The van der Waals surface area contributed by atoms with Gasteiger partial charge in [-0.05, 0) is 64.3 Å². The van der Waals surface area contributed by atoms with Crippen molar-refractivity contribution in [1.29, 1.82) is 0 Å². The lowest BCUT2D eigenvalue weighted by Gasteiger charge is -2.14. The van der Waals surface area contributed by atoms with E-state index < -0.39 is 5.24 Å². The normalized spacial score (nSPS) is 10.4. The van der Waals surface area contributed by atoms with Gasteiger partial charge in [0.1, 0.15) is 12.4 Å². The zero-order chi connectivity index (χ0) is 16.1. The minimum atomic E-state index is -0.585. The summed E-state index contributed by atoms with van der Waals surface area (Å²) in [5, 5.41) is -0.585. The van der Waals surface area contributed by atoms with Gasteiger partial charge in [0, 0.05) is 5.56 Å². The number of carbonyl (C=O) groups excluding carboxylic acids is 1. The standard InChI is InChI=1S/C16H13BrClFO3/c1-2-21-14-8-11(16(18)20)7-13(17)15(14)22-9-10-4-3-5-12(19)6-10/h3-8H,2,9H2,1H3. The highest BCUT2D eigenvalue weighted by atomic mass is 79.9. The Balaban J connectivity index is 2.27. The van der Waals surface area contributed by atoms with Crippen LogP contribution in [-0.2, 0) is 6.61 Å². The van der Waals surface area contributed by atoms with Gasteiger partial charge in [0.25, 0.3) is 5.24 Å². The van der Waals surface area contributed by atoms with Crippen molar-refractivity contribution in [3.63, 3.8) is 0 Å². The van der Waals surface area contributed by atoms with Crippen molar-refractivity contribution in [3.05, 3.63) is 57.8 Å². The molecule has 6 heteroatoms. The predicted octanol–water partition coefficient (Wildman–Crippen LogP) is 4.94. The summed E-state index contributed by atoms with van der Waals surface area (Å²) < 4.78 is 24.9. The van der Waals surface area contributed by atoms with Gasteiger partial charge in [0.05, 0.1) is 11.1 Å². The van der Waals surface area contributed by atoms with Gasteiger partial charge in [-0.2, -0.15) is 0 Å². The first-order chi connectivity index (χ1) is 10.5. The predicted molar refractivity (Wildman–Crippen MR) is 86.2 cm³/mol. The van der Waals surface area contributed by atoms with Crippen LogP contribution in [0.25, 0.3) is 0 Å². The minimum Gasteiger partial charge on any atom is -0.490 e. The van der Waals surface area contributed by atoms with Crippen LogP contribution in [0.4, 0.5) is 4.39 Å². The monoisotopic (exact) mass is 386 g/mol. The smallest absolute Gasteiger partial charge is 0.252 e. The van der Waals surface area contributed by atoms with E-state index in [1.807, 2.05) is 6.92 Å². The van der Waals surface area contributed by atoms with Crippen molar-refractivity contribution in [2.24, 2.45) is 0 Å². The molecule has 0 aromatic heterocycles. The molecule has 0 saturated carbocycles. The van der Waals surface area contributed by atoms with Crippen LogP contribution >= 0.6 is 27.5 Å². The summed E-state index contributed by atoms with van der Waals surface area (Å²) in [5.41, 5.74) is 0.988. The quantitative estimate of drug-likeness (QED) is 0.658. The summed E-state index contributed by atoms with van der Waals surface area (Å²) in [6.45, 7) is 2.40. The van der Waals surface area contributed by atoms with Crippen LogP contribution in [0.15, 0.2) is 40.9 Å². The van der Waals surface area contributed by atoms with E-state index in [2.05, 4.69) is 15.9 Å². The summed E-state index contributed by atoms with van der Waals surface area (Å²) in [6, 6.07) is 9.20. The first-order valence-electron chi connectivity index (χ1n) is 6.54. The van der Waals surface area contributed by atoms with E-state index >= 15 is 0 Å². The Hall–Kier alpha value is -1.59. The third-order valence-electron chi connectivity index (χ3n) is 2.81. The summed E-state index contributed by atoms with van der Waals surface area (Å²) in [7, 11) is 0. The second-order valence-electron chi connectivity index (χ2n) is 4.41. The molecule has 2 rings (SSSR count). The second kappa shape index (κ2) is 7.61. The fraction of sp³-hybridized carbons (Fsp3) is 0.188. The molecule has 3 nitrogen and oxygen atoms in total. The number of halogens is 3. The van der Waals surface area contributed by atoms with Gasteiger partial charge >= 0.3 is 0 Å². The fourth-order valence-corrected chi connectivity index (χ4v) is 2.53. The van der Waals surface area contributed by atoms with Crippen LogP contribution in [0.1, 0.15) is 22.8 Å². The van der Waals surface area contributed by atoms with Crippen LogP contribution in [0, 0.1) is 5.82 Å². The van der Waals surface area contributed by atoms with E-state index in [1.165, 1.54) is 18.2 Å². The van der Waals surface area contributed by atoms with Gasteiger partial charge in [0.2, 0.25) is 0 Å². The molecule has 0 heterocycles. The molecule has 0 N–H and O–H groups in total. The maximum Gasteiger partial charge on any atom is 0.252 e. The molecule has 0 amide bonds. The lowest BCUT2D eigenvalue weighted by Crippen LogP contribution is -2.02. The topological polar surface area (TPSA) is 35.5 Å². The second-order valence-corrected chi connectivity index (χ2v) is 5.61. The van der Waals surface area contributed by atoms with E-state index in [0.717, 1.165) is 0 Å². The average Bonchev–Trinajstić information content (AvgIpc) is 2.46. The molecule has 0 saturated heterocycles. The molecule has 0 fully saturated rings. The van der Waals surface area contributed by atoms with E-state index in [-0.39, 0.29) is 12.4 Å². The van der Waals surface area contributed by atoms with Gasteiger partial charge in [-0.25, -0.2) is 4.39 Å². The minimum absolute atomic E-state index is 0.171. The molecule has 0 spiro atoms. The van der Waals surface area contributed by atoms with E-state index in [0.29, 0.717) is 33.7 Å². The highest BCUT2D eigenvalue weighted by molar-refractivity contribution is 9.10. The Morgan fingerprint density at radius 2 is 2.05 bits per heavy atom. The zero-order valence-corrected chi connectivity index (χ0v) is 14.1. The van der Waals surface area contributed by atoms with Gasteiger partial charge in [-0.15, -0.1) is 0 Å². The summed E-state index contributed by atoms with van der Waals surface area (Å²) >= 11 is 8.83. The highest BCUT2D eigenvalue weighted by Crippen LogP contribution is 2.37. The fourth-order valence-electron chi connectivity index (χ4n) is 1.87. The molecule has 0 atom stereocenters. The average molecular weight is 388 g/mol. The Morgan fingerprint density at radius 1 is 1.27 bits per heavy atom. The van der Waals surface area contributed by atoms with E-state index in [1.54, 1.807) is 18.2 Å². The first kappa shape index (κ1) is 16.8. The lowest BCUT2D eigenvalue weighted by atomic mass is 10.2. The number of hydrogen-bond acceptors (Lipinski definition) is 3. The maximum atomic E-state index is 13.2. The Morgan fingerprint density at radius 3 is 2.68 bits per heavy atom. The van der Waals surface area contributed by atoms with Crippen molar-refractivity contribution in [2.75, 3.05) is 6.61 Å². The van der Waals surface area contributed by atoms with Crippen LogP contribution in [0.5, 0.6) is 11.5 Å². The van der Waals surface area contributed by atoms with E-state index in [9.17, 15) is 9.18 Å². The molecule has 0 aliphatic carbocycles. The molecule has 0 radical (unpaired) electrons. The maximum absolute atomic E-state index is 13.2. The van der Waals surface area contributed by atoms with Gasteiger partial charge in [-0.3, -0.25) is 4.79 Å². The zero-order valence-electron chi connectivity index (χ0n) is 11.7. The van der Waals surface area contributed by atoms with Gasteiger partial charge < -0.3 is 9.47 Å². The molecule has 2 aromatic carbocycles. The third kappa shape index (κ3) is 4.21. The number of ether oxygens (including phenoxy) is 2. The first-order valence-corrected chi connectivity index (χ1v) is 7.71. The largest absolute Gasteiger partial charge is 0.490 e. The molecule has 0 aliphatic heterocycles. The molecule has 22 heavy (non-hydrogen) atoms.